The maximum atomic E-state index is 13.5. The molecule has 0 saturated carbocycles. The van der Waals surface area contributed by atoms with E-state index in [-0.39, 0.29) is 5.82 Å². The fourth-order valence-electron chi connectivity index (χ4n) is 2.18. The second-order valence-electron chi connectivity index (χ2n) is 4.31. The van der Waals surface area contributed by atoms with Crippen LogP contribution in [0.4, 0.5) is 10.1 Å². The maximum absolute atomic E-state index is 13.5. The van der Waals surface area contributed by atoms with Gasteiger partial charge in [0.1, 0.15) is 12.1 Å². The molecule has 1 aliphatic heterocycles. The van der Waals surface area contributed by atoms with Crippen molar-refractivity contribution in [3.05, 3.63) is 41.7 Å². The van der Waals surface area contributed by atoms with Crippen LogP contribution in [0.25, 0.3) is 0 Å². The van der Waals surface area contributed by atoms with E-state index in [2.05, 4.69) is 15.1 Å². The predicted octanol–water partition coefficient (Wildman–Crippen LogP) is 2.18. The van der Waals surface area contributed by atoms with Crippen LogP contribution in [0.2, 0.25) is 0 Å². The van der Waals surface area contributed by atoms with Gasteiger partial charge in [0.25, 0.3) is 0 Å². The lowest BCUT2D eigenvalue weighted by atomic mass is 10.2. The van der Waals surface area contributed by atoms with Crippen LogP contribution in [-0.4, -0.2) is 21.3 Å². The van der Waals surface area contributed by atoms with Crippen LogP contribution in [0.1, 0.15) is 11.4 Å². The Hall–Kier alpha value is -1.62. The van der Waals surface area contributed by atoms with E-state index in [4.69, 9.17) is 11.6 Å². The van der Waals surface area contributed by atoms with E-state index < -0.39 is 0 Å². The van der Waals surface area contributed by atoms with Crippen molar-refractivity contribution in [3.8, 4) is 0 Å². The molecule has 2 aromatic rings. The lowest BCUT2D eigenvalue weighted by Crippen LogP contribution is -2.33. The molecule has 0 N–H and O–H groups in total. The first kappa shape index (κ1) is 11.5. The molecule has 18 heavy (non-hydrogen) atoms. The molecule has 0 spiro atoms. The molecule has 3 rings (SSSR count). The summed E-state index contributed by atoms with van der Waals surface area (Å²) in [4.78, 5) is 2.09. The van der Waals surface area contributed by atoms with Gasteiger partial charge in [-0.15, -0.1) is 21.8 Å². The van der Waals surface area contributed by atoms with Gasteiger partial charge in [0, 0.05) is 24.7 Å². The highest BCUT2D eigenvalue weighted by Crippen LogP contribution is 2.23. The predicted molar refractivity (Wildman–Crippen MR) is 67.0 cm³/mol. The van der Waals surface area contributed by atoms with Crippen molar-refractivity contribution < 1.29 is 4.39 Å². The van der Waals surface area contributed by atoms with Crippen molar-refractivity contribution in [1.82, 2.24) is 14.8 Å². The van der Waals surface area contributed by atoms with Crippen molar-refractivity contribution in [1.29, 1.82) is 0 Å². The van der Waals surface area contributed by atoms with Crippen molar-refractivity contribution in [3.63, 3.8) is 0 Å². The summed E-state index contributed by atoms with van der Waals surface area (Å²) in [5.41, 5.74) is 1.64. The van der Waals surface area contributed by atoms with Crippen molar-refractivity contribution in [2.45, 2.75) is 19.0 Å². The summed E-state index contributed by atoms with van der Waals surface area (Å²) in [7, 11) is 0. The standard InChI is InChI=1S/C12H12ClFN4/c13-6-9-3-10(14)5-11(4-9)17-1-2-18-8-15-16-12(18)7-17/h3-5,8H,1-2,6-7H2. The van der Waals surface area contributed by atoms with Gasteiger partial charge in [-0.3, -0.25) is 0 Å². The zero-order chi connectivity index (χ0) is 12.5. The second-order valence-corrected chi connectivity index (χ2v) is 4.58. The van der Waals surface area contributed by atoms with Crippen molar-refractivity contribution in [2.24, 2.45) is 0 Å². The molecule has 94 valence electrons. The molecule has 0 radical (unpaired) electrons. The number of nitrogens with zero attached hydrogens (tertiary/aromatic N) is 4. The SMILES string of the molecule is Fc1cc(CCl)cc(N2CCn3cnnc3C2)c1. The number of rotatable bonds is 2. The van der Waals surface area contributed by atoms with E-state index in [1.807, 2.05) is 10.6 Å². The summed E-state index contributed by atoms with van der Waals surface area (Å²) in [6, 6.07) is 4.91. The molecule has 2 heterocycles. The number of hydrogen-bond donors (Lipinski definition) is 0. The quantitative estimate of drug-likeness (QED) is 0.782. The van der Waals surface area contributed by atoms with Gasteiger partial charge in [-0.2, -0.15) is 0 Å². The monoisotopic (exact) mass is 266 g/mol. The summed E-state index contributed by atoms with van der Waals surface area (Å²) in [6.07, 6.45) is 1.72. The first-order chi connectivity index (χ1) is 8.76. The van der Waals surface area contributed by atoms with E-state index >= 15 is 0 Å². The molecule has 1 aliphatic rings. The fraction of sp³-hybridized carbons (Fsp3) is 0.333. The van der Waals surface area contributed by atoms with Crippen molar-refractivity contribution >= 4 is 17.3 Å². The minimum absolute atomic E-state index is 0.254. The number of fused-ring (bicyclic) bond motifs is 1. The van der Waals surface area contributed by atoms with Gasteiger partial charge < -0.3 is 9.47 Å². The minimum atomic E-state index is -0.254. The van der Waals surface area contributed by atoms with Crippen LogP contribution in [0, 0.1) is 5.82 Å². The van der Waals surface area contributed by atoms with Crippen LogP contribution in [0.5, 0.6) is 0 Å². The Bertz CT molecular complexity index is 569. The minimum Gasteiger partial charge on any atom is -0.362 e. The smallest absolute Gasteiger partial charge is 0.152 e. The molecule has 1 aromatic heterocycles. The van der Waals surface area contributed by atoms with Crippen LogP contribution < -0.4 is 4.90 Å². The lowest BCUT2D eigenvalue weighted by Gasteiger charge is -2.29. The number of aromatic nitrogens is 3. The summed E-state index contributed by atoms with van der Waals surface area (Å²) in [5, 5.41) is 7.92. The molecule has 4 nitrogen and oxygen atoms in total. The van der Waals surface area contributed by atoms with E-state index in [1.165, 1.54) is 12.1 Å². The van der Waals surface area contributed by atoms with Gasteiger partial charge >= 0.3 is 0 Å². The van der Waals surface area contributed by atoms with Crippen molar-refractivity contribution in [2.75, 3.05) is 11.4 Å². The molecular formula is C12H12ClFN4. The number of hydrogen-bond acceptors (Lipinski definition) is 3. The topological polar surface area (TPSA) is 34.0 Å². The second kappa shape index (κ2) is 4.57. The third-order valence-electron chi connectivity index (χ3n) is 3.10. The molecule has 0 bridgehead atoms. The van der Waals surface area contributed by atoms with E-state index in [9.17, 15) is 4.39 Å². The summed E-state index contributed by atoms with van der Waals surface area (Å²) >= 11 is 5.76. The highest BCUT2D eigenvalue weighted by molar-refractivity contribution is 6.17. The van der Waals surface area contributed by atoms with Crippen LogP contribution in [-0.2, 0) is 19.0 Å². The van der Waals surface area contributed by atoms with Crippen LogP contribution in [0.3, 0.4) is 0 Å². The Balaban J connectivity index is 1.90. The fourth-order valence-corrected chi connectivity index (χ4v) is 2.33. The van der Waals surface area contributed by atoms with Crippen LogP contribution >= 0.6 is 11.6 Å². The number of benzene rings is 1. The average Bonchev–Trinajstić information content (AvgIpc) is 2.85. The Labute approximate surface area is 109 Å². The lowest BCUT2D eigenvalue weighted by molar-refractivity contribution is 0.557. The Morgan fingerprint density at radius 1 is 1.28 bits per heavy atom. The van der Waals surface area contributed by atoms with Gasteiger partial charge in [-0.05, 0) is 23.8 Å². The van der Waals surface area contributed by atoms with Gasteiger partial charge in [-0.1, -0.05) is 0 Å². The molecule has 0 atom stereocenters. The zero-order valence-corrected chi connectivity index (χ0v) is 10.4. The molecule has 0 amide bonds. The van der Waals surface area contributed by atoms with Gasteiger partial charge in [0.2, 0.25) is 0 Å². The summed E-state index contributed by atoms with van der Waals surface area (Å²) in [5.74, 6) is 0.961. The van der Waals surface area contributed by atoms with Gasteiger partial charge in [0.15, 0.2) is 5.82 Å². The number of anilines is 1. The maximum Gasteiger partial charge on any atom is 0.152 e. The van der Waals surface area contributed by atoms with Gasteiger partial charge in [0.05, 0.1) is 6.54 Å². The molecule has 0 fully saturated rings. The average molecular weight is 267 g/mol. The number of alkyl halides is 1. The normalized spacial score (nSPS) is 14.7. The van der Waals surface area contributed by atoms with E-state index in [0.29, 0.717) is 12.4 Å². The Morgan fingerprint density at radius 3 is 3.00 bits per heavy atom. The molecular weight excluding hydrogens is 255 g/mol. The molecule has 0 unspecified atom stereocenters. The molecule has 1 aromatic carbocycles. The third kappa shape index (κ3) is 2.06. The zero-order valence-electron chi connectivity index (χ0n) is 9.68. The van der Waals surface area contributed by atoms with E-state index in [0.717, 1.165) is 30.2 Å². The van der Waals surface area contributed by atoms with E-state index in [1.54, 1.807) is 6.33 Å². The van der Waals surface area contributed by atoms with Gasteiger partial charge in [-0.25, -0.2) is 4.39 Å². The Morgan fingerprint density at radius 2 is 2.17 bits per heavy atom. The molecule has 6 heteroatoms. The first-order valence-electron chi connectivity index (χ1n) is 5.73. The molecule has 0 saturated heterocycles. The Kier molecular flexibility index (Phi) is 2.91. The first-order valence-corrected chi connectivity index (χ1v) is 6.27. The number of halogens is 2. The largest absolute Gasteiger partial charge is 0.362 e. The molecule has 0 aliphatic carbocycles. The third-order valence-corrected chi connectivity index (χ3v) is 3.41. The summed E-state index contributed by atoms with van der Waals surface area (Å²) in [6.45, 7) is 2.27. The van der Waals surface area contributed by atoms with Crippen LogP contribution in [0.15, 0.2) is 24.5 Å². The highest BCUT2D eigenvalue weighted by Gasteiger charge is 2.18. The highest BCUT2D eigenvalue weighted by atomic mass is 35.5. The summed E-state index contributed by atoms with van der Waals surface area (Å²) < 4.78 is 15.5.